The zero-order chi connectivity index (χ0) is 24.0. The number of nitrogens with one attached hydrogen (secondary N) is 2. The lowest BCUT2D eigenvalue weighted by Gasteiger charge is -2.23. The highest BCUT2D eigenvalue weighted by molar-refractivity contribution is 7.89. The maximum atomic E-state index is 13.1. The van der Waals surface area contributed by atoms with Gasteiger partial charge in [-0.2, -0.15) is 4.31 Å². The van der Waals surface area contributed by atoms with Crippen LogP contribution in [0.5, 0.6) is 0 Å². The van der Waals surface area contributed by atoms with Crippen molar-refractivity contribution in [1.82, 2.24) is 9.62 Å². The highest BCUT2D eigenvalue weighted by Gasteiger charge is 2.27. The average molecular weight is 472 g/mol. The monoisotopic (exact) mass is 471 g/mol. The highest BCUT2D eigenvalue weighted by Crippen LogP contribution is 2.23. The molecule has 1 fully saturated rings. The van der Waals surface area contributed by atoms with Crippen LogP contribution in [0.15, 0.2) is 53.4 Å². The summed E-state index contributed by atoms with van der Waals surface area (Å²) in [7, 11) is -3.63. The van der Waals surface area contributed by atoms with Crippen LogP contribution in [0.3, 0.4) is 0 Å². The minimum atomic E-state index is -3.63. The molecular formula is C25H33N3O4S. The van der Waals surface area contributed by atoms with Crippen molar-refractivity contribution in [3.63, 3.8) is 0 Å². The van der Waals surface area contributed by atoms with E-state index >= 15 is 0 Å². The molecule has 0 aliphatic carbocycles. The van der Waals surface area contributed by atoms with Gasteiger partial charge >= 0.3 is 0 Å². The van der Waals surface area contributed by atoms with Crippen LogP contribution in [0.1, 0.15) is 55.5 Å². The van der Waals surface area contributed by atoms with Crippen LogP contribution >= 0.6 is 0 Å². The number of aryl methyl sites for hydroxylation is 1. The molecule has 1 aliphatic heterocycles. The van der Waals surface area contributed by atoms with Crippen molar-refractivity contribution in [2.45, 2.75) is 57.4 Å². The van der Waals surface area contributed by atoms with Gasteiger partial charge in [-0.15, -0.1) is 0 Å². The maximum Gasteiger partial charge on any atom is 0.252 e. The van der Waals surface area contributed by atoms with Crippen LogP contribution < -0.4 is 10.6 Å². The third-order valence-electron chi connectivity index (χ3n) is 5.93. The molecule has 1 heterocycles. The van der Waals surface area contributed by atoms with E-state index in [1.54, 1.807) is 30.3 Å². The maximum absolute atomic E-state index is 13.1. The van der Waals surface area contributed by atoms with Gasteiger partial charge in [0.1, 0.15) is 6.04 Å². The van der Waals surface area contributed by atoms with Crippen molar-refractivity contribution in [1.29, 1.82) is 0 Å². The molecule has 2 aromatic rings. The molecule has 1 atom stereocenters. The molecule has 1 saturated heterocycles. The van der Waals surface area contributed by atoms with Crippen molar-refractivity contribution in [3.05, 3.63) is 59.7 Å². The van der Waals surface area contributed by atoms with Crippen molar-refractivity contribution < 1.29 is 18.0 Å². The Hall–Kier alpha value is -2.71. The lowest BCUT2D eigenvalue weighted by Crippen LogP contribution is -2.47. The van der Waals surface area contributed by atoms with E-state index in [0.717, 1.165) is 31.2 Å². The molecule has 2 aromatic carbocycles. The summed E-state index contributed by atoms with van der Waals surface area (Å²) in [5, 5.41) is 5.61. The highest BCUT2D eigenvalue weighted by atomic mass is 32.2. The smallest absolute Gasteiger partial charge is 0.252 e. The predicted octanol–water partition coefficient (Wildman–Crippen LogP) is 3.95. The van der Waals surface area contributed by atoms with Gasteiger partial charge < -0.3 is 10.6 Å². The molecule has 178 valence electrons. The molecule has 33 heavy (non-hydrogen) atoms. The van der Waals surface area contributed by atoms with Crippen molar-refractivity contribution >= 4 is 27.5 Å². The van der Waals surface area contributed by atoms with E-state index in [1.165, 1.54) is 10.4 Å². The third kappa shape index (κ3) is 6.21. The van der Waals surface area contributed by atoms with Gasteiger partial charge in [0.05, 0.1) is 4.90 Å². The number of carbonyl (C=O) groups is 2. The first-order chi connectivity index (χ1) is 15.7. The summed E-state index contributed by atoms with van der Waals surface area (Å²) in [6.07, 6.45) is 3.78. The quantitative estimate of drug-likeness (QED) is 0.639. The Bertz CT molecular complexity index is 1090. The molecular weight excluding hydrogens is 438 g/mol. The Morgan fingerprint density at radius 3 is 2.24 bits per heavy atom. The fraction of sp³-hybridized carbons (Fsp3) is 0.440. The number of nitrogens with zero attached hydrogens (tertiary/aromatic N) is 1. The van der Waals surface area contributed by atoms with E-state index < -0.39 is 22.0 Å². The summed E-state index contributed by atoms with van der Waals surface area (Å²) in [5.74, 6) is -0.877. The number of benzene rings is 2. The van der Waals surface area contributed by atoms with Gasteiger partial charge in [0.25, 0.3) is 5.91 Å². The van der Waals surface area contributed by atoms with Crippen molar-refractivity contribution in [2.75, 3.05) is 18.4 Å². The molecule has 2 amide bonds. The molecule has 1 unspecified atom stereocenters. The average Bonchev–Trinajstić information content (AvgIpc) is 3.08. The second-order valence-corrected chi connectivity index (χ2v) is 10.8. The van der Waals surface area contributed by atoms with Crippen LogP contribution in [0.2, 0.25) is 0 Å². The number of carbonyl (C=O) groups excluding carboxylic acids is 2. The van der Waals surface area contributed by atoms with Crippen LogP contribution in [0, 0.1) is 12.8 Å². The SMILES string of the molecule is Cc1ccccc1C(=O)NC(C(=O)Nc1cccc(S(=O)(=O)N2CCCCCC2)c1)C(C)C. The normalized spacial score (nSPS) is 16.1. The van der Waals surface area contributed by atoms with Gasteiger partial charge in [0, 0.05) is 24.3 Å². The second-order valence-electron chi connectivity index (χ2n) is 8.85. The molecule has 0 radical (unpaired) electrons. The van der Waals surface area contributed by atoms with E-state index in [9.17, 15) is 18.0 Å². The second kappa shape index (κ2) is 10.9. The standard InChI is InChI=1S/C25H33N3O4S/c1-18(2)23(27-24(29)22-14-7-6-11-19(22)3)25(30)26-20-12-10-13-21(17-20)33(31,32)28-15-8-4-5-9-16-28/h6-7,10-14,17-18,23H,4-5,8-9,15-16H2,1-3H3,(H,26,30)(H,27,29). The number of hydrogen-bond acceptors (Lipinski definition) is 4. The van der Waals surface area contributed by atoms with Gasteiger partial charge in [0.2, 0.25) is 15.9 Å². The topological polar surface area (TPSA) is 95.6 Å². The minimum Gasteiger partial charge on any atom is -0.340 e. The molecule has 3 rings (SSSR count). The number of sulfonamides is 1. The zero-order valence-electron chi connectivity index (χ0n) is 19.5. The summed E-state index contributed by atoms with van der Waals surface area (Å²) >= 11 is 0. The lowest BCUT2D eigenvalue weighted by molar-refractivity contribution is -0.118. The summed E-state index contributed by atoms with van der Waals surface area (Å²) < 4.78 is 27.7. The van der Waals surface area contributed by atoms with E-state index in [1.807, 2.05) is 32.9 Å². The Balaban J connectivity index is 1.75. The largest absolute Gasteiger partial charge is 0.340 e. The van der Waals surface area contributed by atoms with Gasteiger partial charge in [-0.05, 0) is 55.5 Å². The Morgan fingerprint density at radius 2 is 1.61 bits per heavy atom. The number of rotatable bonds is 7. The van der Waals surface area contributed by atoms with E-state index in [-0.39, 0.29) is 16.7 Å². The van der Waals surface area contributed by atoms with Crippen LogP contribution in [0.25, 0.3) is 0 Å². The first kappa shape index (κ1) is 24.9. The summed E-state index contributed by atoms with van der Waals surface area (Å²) in [6.45, 7) is 6.57. The van der Waals surface area contributed by atoms with E-state index in [2.05, 4.69) is 10.6 Å². The third-order valence-corrected chi connectivity index (χ3v) is 7.82. The summed E-state index contributed by atoms with van der Waals surface area (Å²) in [6, 6.07) is 12.7. The fourth-order valence-corrected chi connectivity index (χ4v) is 5.53. The molecule has 0 saturated carbocycles. The first-order valence-electron chi connectivity index (χ1n) is 11.5. The van der Waals surface area contributed by atoms with Crippen LogP contribution in [0.4, 0.5) is 5.69 Å². The van der Waals surface area contributed by atoms with Crippen LogP contribution in [-0.2, 0) is 14.8 Å². The van der Waals surface area contributed by atoms with Gasteiger partial charge in [-0.3, -0.25) is 9.59 Å². The molecule has 7 nitrogen and oxygen atoms in total. The van der Waals surface area contributed by atoms with Crippen LogP contribution in [-0.4, -0.2) is 43.7 Å². The van der Waals surface area contributed by atoms with E-state index in [0.29, 0.717) is 24.3 Å². The molecule has 8 heteroatoms. The number of anilines is 1. The lowest BCUT2D eigenvalue weighted by atomic mass is 10.0. The Kier molecular flexibility index (Phi) is 8.26. The molecule has 0 aromatic heterocycles. The van der Waals surface area contributed by atoms with Crippen molar-refractivity contribution in [3.8, 4) is 0 Å². The molecule has 2 N–H and O–H groups in total. The number of amides is 2. The summed E-state index contributed by atoms with van der Waals surface area (Å²) in [5.41, 5.74) is 1.72. The van der Waals surface area contributed by atoms with Gasteiger partial charge in [-0.1, -0.05) is 51.0 Å². The molecule has 1 aliphatic rings. The summed E-state index contributed by atoms with van der Waals surface area (Å²) in [4.78, 5) is 25.9. The first-order valence-corrected chi connectivity index (χ1v) is 12.9. The zero-order valence-corrected chi connectivity index (χ0v) is 20.3. The van der Waals surface area contributed by atoms with Gasteiger partial charge in [-0.25, -0.2) is 8.42 Å². The predicted molar refractivity (Wildman–Crippen MR) is 130 cm³/mol. The number of hydrogen-bond donors (Lipinski definition) is 2. The minimum absolute atomic E-state index is 0.159. The van der Waals surface area contributed by atoms with Gasteiger partial charge in [0.15, 0.2) is 0 Å². The Labute approximate surface area is 196 Å². The molecule has 0 bridgehead atoms. The van der Waals surface area contributed by atoms with Crippen molar-refractivity contribution in [2.24, 2.45) is 5.92 Å². The fourth-order valence-electron chi connectivity index (χ4n) is 3.97. The molecule has 0 spiro atoms. The van der Waals surface area contributed by atoms with E-state index in [4.69, 9.17) is 0 Å². The Morgan fingerprint density at radius 1 is 0.939 bits per heavy atom.